The number of nitrogens with one attached hydrogen (secondary N) is 1. The summed E-state index contributed by atoms with van der Waals surface area (Å²) in [6.07, 6.45) is 0. The number of piperazine rings is 1. The molecule has 0 aliphatic carbocycles. The lowest BCUT2D eigenvalue weighted by atomic mass is 9.88. The summed E-state index contributed by atoms with van der Waals surface area (Å²) >= 11 is 5.30. The molecule has 4 nitrogen and oxygen atoms in total. The zero-order valence-electron chi connectivity index (χ0n) is 13.2. The van der Waals surface area contributed by atoms with Crippen molar-refractivity contribution in [2.45, 2.75) is 13.5 Å². The van der Waals surface area contributed by atoms with Crippen LogP contribution in [0.3, 0.4) is 0 Å². The Morgan fingerprint density at radius 3 is 2.43 bits per heavy atom. The van der Waals surface area contributed by atoms with E-state index in [0.717, 1.165) is 45.8 Å². The van der Waals surface area contributed by atoms with Gasteiger partial charge in [0, 0.05) is 43.5 Å². The van der Waals surface area contributed by atoms with Crippen molar-refractivity contribution in [1.82, 2.24) is 15.1 Å². The molecular weight excluding hydrogens is 421 g/mol. The topological polar surface area (TPSA) is 35.6 Å². The van der Waals surface area contributed by atoms with Gasteiger partial charge in [-0.1, -0.05) is 6.92 Å². The fourth-order valence-corrected chi connectivity index (χ4v) is 4.46. The van der Waals surface area contributed by atoms with Crippen molar-refractivity contribution in [3.05, 3.63) is 20.8 Å². The van der Waals surface area contributed by atoms with Gasteiger partial charge in [0.1, 0.15) is 0 Å². The summed E-state index contributed by atoms with van der Waals surface area (Å²) in [6.45, 7) is 8.80. The monoisotopic (exact) mass is 443 g/mol. The van der Waals surface area contributed by atoms with E-state index in [1.54, 1.807) is 11.3 Å². The second-order valence-electron chi connectivity index (χ2n) is 6.01. The summed E-state index contributed by atoms with van der Waals surface area (Å²) in [5, 5.41) is 3.25. The van der Waals surface area contributed by atoms with E-state index in [1.165, 1.54) is 8.66 Å². The minimum atomic E-state index is 0. The molecule has 1 amide bonds. The third-order valence-electron chi connectivity index (χ3n) is 4.60. The lowest BCUT2D eigenvalue weighted by Gasteiger charge is -2.39. The predicted octanol–water partition coefficient (Wildman–Crippen LogP) is 2.85. The first-order valence-electron chi connectivity index (χ1n) is 7.59. The Morgan fingerprint density at radius 2 is 1.96 bits per heavy atom. The molecule has 0 bridgehead atoms. The maximum absolute atomic E-state index is 12.5. The van der Waals surface area contributed by atoms with Crippen LogP contribution in [0.15, 0.2) is 15.9 Å². The van der Waals surface area contributed by atoms with Crippen LogP contribution in [-0.2, 0) is 11.3 Å². The van der Waals surface area contributed by atoms with E-state index in [-0.39, 0.29) is 30.7 Å². The van der Waals surface area contributed by atoms with Gasteiger partial charge in [0.15, 0.2) is 0 Å². The van der Waals surface area contributed by atoms with Gasteiger partial charge in [-0.2, -0.15) is 0 Å². The van der Waals surface area contributed by atoms with Gasteiger partial charge < -0.3 is 10.2 Å². The average Bonchev–Trinajstić information content (AvgIpc) is 2.82. The minimum Gasteiger partial charge on any atom is -0.340 e. The van der Waals surface area contributed by atoms with Crippen molar-refractivity contribution < 1.29 is 4.79 Å². The fourth-order valence-electron chi connectivity index (χ4n) is 2.94. The van der Waals surface area contributed by atoms with E-state index >= 15 is 0 Å². The van der Waals surface area contributed by atoms with Gasteiger partial charge in [-0.05, 0) is 47.1 Å². The van der Waals surface area contributed by atoms with Crippen molar-refractivity contribution in [2.75, 3.05) is 39.3 Å². The van der Waals surface area contributed by atoms with Crippen LogP contribution in [0.1, 0.15) is 11.8 Å². The highest BCUT2D eigenvalue weighted by Gasteiger charge is 2.32. The number of nitrogens with zero attached hydrogens (tertiary/aromatic N) is 2. The molecule has 2 aliphatic heterocycles. The van der Waals surface area contributed by atoms with Crippen LogP contribution in [0.5, 0.6) is 0 Å². The minimum absolute atomic E-state index is 0. The molecule has 1 aromatic rings. The zero-order valence-corrected chi connectivity index (χ0v) is 17.2. The van der Waals surface area contributed by atoms with E-state index in [0.29, 0.717) is 11.8 Å². The first kappa shape index (κ1) is 21.2. The standard InChI is InChI=1S/C15H22BrN3OS.2ClH/c1-11(12-8-17-9-12)15(20)19-6-4-18(5-7-19)10-13-2-3-14(16)21-13;;/h2-3,11-12,17H,4-10H2,1H3;2*1H. The maximum atomic E-state index is 12.5. The summed E-state index contributed by atoms with van der Waals surface area (Å²) in [7, 11) is 0. The molecule has 0 spiro atoms. The van der Waals surface area contributed by atoms with Crippen molar-refractivity contribution >= 4 is 58.0 Å². The lowest BCUT2D eigenvalue weighted by molar-refractivity contribution is -0.139. The van der Waals surface area contributed by atoms with Gasteiger partial charge >= 0.3 is 0 Å². The Bertz CT molecular complexity index is 505. The third kappa shape index (κ3) is 5.31. The molecule has 8 heteroatoms. The van der Waals surface area contributed by atoms with Crippen molar-refractivity contribution in [3.63, 3.8) is 0 Å². The normalized spacial score (nSPS) is 20.2. The second-order valence-corrected chi connectivity index (χ2v) is 8.56. The number of halogens is 3. The zero-order chi connectivity index (χ0) is 14.8. The van der Waals surface area contributed by atoms with Crippen LogP contribution in [0.4, 0.5) is 0 Å². The SMILES string of the molecule is CC(C(=O)N1CCN(Cc2ccc(Br)s2)CC1)C1CNC1.Cl.Cl. The molecule has 3 heterocycles. The highest BCUT2D eigenvalue weighted by molar-refractivity contribution is 9.11. The van der Waals surface area contributed by atoms with Gasteiger partial charge in [0.05, 0.1) is 3.79 Å². The molecule has 23 heavy (non-hydrogen) atoms. The number of amides is 1. The van der Waals surface area contributed by atoms with Crippen molar-refractivity contribution in [1.29, 1.82) is 0 Å². The van der Waals surface area contributed by atoms with Crippen LogP contribution >= 0.6 is 52.1 Å². The summed E-state index contributed by atoms with van der Waals surface area (Å²) in [5.41, 5.74) is 0. The number of carbonyl (C=O) groups excluding carboxylic acids is 1. The quantitative estimate of drug-likeness (QED) is 0.775. The molecule has 1 aromatic heterocycles. The molecule has 1 atom stereocenters. The lowest BCUT2D eigenvalue weighted by Crippen LogP contribution is -2.54. The molecule has 1 N–H and O–H groups in total. The summed E-state index contributed by atoms with van der Waals surface area (Å²) < 4.78 is 1.19. The molecule has 0 radical (unpaired) electrons. The van der Waals surface area contributed by atoms with Crippen LogP contribution in [-0.4, -0.2) is 55.0 Å². The smallest absolute Gasteiger partial charge is 0.225 e. The van der Waals surface area contributed by atoms with E-state index in [2.05, 4.69) is 50.1 Å². The Kier molecular flexibility index (Phi) is 8.83. The Hall–Kier alpha value is 0.150. The van der Waals surface area contributed by atoms with Crippen LogP contribution in [0, 0.1) is 11.8 Å². The number of hydrogen-bond acceptors (Lipinski definition) is 4. The van der Waals surface area contributed by atoms with Crippen molar-refractivity contribution in [3.8, 4) is 0 Å². The summed E-state index contributed by atoms with van der Waals surface area (Å²) in [6, 6.07) is 4.28. The Balaban J connectivity index is 0.00000132. The van der Waals surface area contributed by atoms with Crippen LogP contribution in [0.2, 0.25) is 0 Å². The van der Waals surface area contributed by atoms with E-state index in [4.69, 9.17) is 0 Å². The van der Waals surface area contributed by atoms with E-state index in [1.807, 2.05) is 0 Å². The number of rotatable bonds is 4. The first-order chi connectivity index (χ1) is 10.1. The van der Waals surface area contributed by atoms with E-state index < -0.39 is 0 Å². The van der Waals surface area contributed by atoms with Crippen LogP contribution in [0.25, 0.3) is 0 Å². The molecule has 2 aliphatic rings. The molecule has 2 saturated heterocycles. The Morgan fingerprint density at radius 1 is 1.30 bits per heavy atom. The van der Waals surface area contributed by atoms with Gasteiger partial charge in [0.25, 0.3) is 0 Å². The van der Waals surface area contributed by atoms with E-state index in [9.17, 15) is 4.79 Å². The fraction of sp³-hybridized carbons (Fsp3) is 0.667. The van der Waals surface area contributed by atoms with Gasteiger partial charge in [-0.15, -0.1) is 36.2 Å². The summed E-state index contributed by atoms with van der Waals surface area (Å²) in [5.74, 6) is 1.06. The van der Waals surface area contributed by atoms with Crippen molar-refractivity contribution in [2.24, 2.45) is 11.8 Å². The van der Waals surface area contributed by atoms with Gasteiger partial charge in [-0.25, -0.2) is 0 Å². The van der Waals surface area contributed by atoms with Gasteiger partial charge in [0.2, 0.25) is 5.91 Å². The molecular formula is C15H24BrCl2N3OS. The third-order valence-corrected chi connectivity index (χ3v) is 6.21. The molecule has 1 unspecified atom stereocenters. The highest BCUT2D eigenvalue weighted by Crippen LogP contribution is 2.24. The maximum Gasteiger partial charge on any atom is 0.225 e. The Labute approximate surface area is 162 Å². The van der Waals surface area contributed by atoms with Crippen LogP contribution < -0.4 is 5.32 Å². The predicted molar refractivity (Wildman–Crippen MR) is 104 cm³/mol. The molecule has 0 saturated carbocycles. The molecule has 2 fully saturated rings. The number of thiophene rings is 1. The van der Waals surface area contributed by atoms with Gasteiger partial charge in [-0.3, -0.25) is 9.69 Å². The molecule has 3 rings (SSSR count). The average molecular weight is 445 g/mol. The highest BCUT2D eigenvalue weighted by atomic mass is 79.9. The molecule has 132 valence electrons. The number of hydrogen-bond donors (Lipinski definition) is 1. The largest absolute Gasteiger partial charge is 0.340 e. The summed E-state index contributed by atoms with van der Waals surface area (Å²) in [4.78, 5) is 18.4. The second kappa shape index (κ2) is 9.59. The molecule has 0 aromatic carbocycles. The number of carbonyl (C=O) groups is 1. The first-order valence-corrected chi connectivity index (χ1v) is 9.20.